The van der Waals surface area contributed by atoms with Gasteiger partial charge in [0, 0.05) is 29.9 Å². The van der Waals surface area contributed by atoms with Crippen molar-refractivity contribution in [3.8, 4) is 5.75 Å². The summed E-state index contributed by atoms with van der Waals surface area (Å²) in [6.45, 7) is 28.7. The topological polar surface area (TPSA) is 12.5 Å². The highest BCUT2D eigenvalue weighted by molar-refractivity contribution is 6.92. The molecule has 2 aliphatic rings. The lowest BCUT2D eigenvalue weighted by Crippen LogP contribution is -2.51. The molecule has 4 heteroatoms. The van der Waals surface area contributed by atoms with Gasteiger partial charge in [0.15, 0.2) is 0 Å². The van der Waals surface area contributed by atoms with Crippen LogP contribution in [0.25, 0.3) is 5.70 Å². The predicted octanol–water partition coefficient (Wildman–Crippen LogP) is 6.90. The molecule has 0 spiro atoms. The van der Waals surface area contributed by atoms with Gasteiger partial charge in [-0.25, -0.2) is 0 Å². The van der Waals surface area contributed by atoms with E-state index in [4.69, 9.17) is 4.74 Å². The van der Waals surface area contributed by atoms with Gasteiger partial charge in [0.2, 0.25) is 0 Å². The smallest absolute Gasteiger partial charge is 0.122 e. The molecule has 1 heterocycles. The van der Waals surface area contributed by atoms with Crippen molar-refractivity contribution in [3.63, 3.8) is 0 Å². The summed E-state index contributed by atoms with van der Waals surface area (Å²) < 4.78 is 6.69. The Kier molecular flexibility index (Phi) is 7.51. The summed E-state index contributed by atoms with van der Waals surface area (Å²) in [7, 11) is -2.75. The largest absolute Gasteiger partial charge is 0.489 e. The number of ether oxygens (including phenoxy) is 1. The fraction of sp³-hybridized carbons (Fsp3) is 0.500. The Hall–Kier alpha value is -2.05. The fourth-order valence-corrected chi connectivity index (χ4v) is 12.7. The lowest BCUT2D eigenvalue weighted by Gasteiger charge is -2.38. The Morgan fingerprint density at radius 3 is 2.33 bits per heavy atom. The second-order valence-corrected chi connectivity index (χ2v) is 19.7. The minimum Gasteiger partial charge on any atom is -0.489 e. The van der Waals surface area contributed by atoms with E-state index in [1.54, 1.807) is 10.8 Å². The van der Waals surface area contributed by atoms with Crippen molar-refractivity contribution >= 4 is 32.9 Å². The molecule has 4 rings (SSSR count). The molecule has 0 amide bonds. The zero-order valence-corrected chi connectivity index (χ0v) is 26.1. The third-order valence-corrected chi connectivity index (χ3v) is 13.8. The number of rotatable bonds is 7. The highest BCUT2D eigenvalue weighted by atomic mass is 28.3. The van der Waals surface area contributed by atoms with Crippen molar-refractivity contribution in [3.05, 3.63) is 70.8 Å². The van der Waals surface area contributed by atoms with Crippen LogP contribution >= 0.6 is 0 Å². The Labute approximate surface area is 223 Å². The molecular weight excluding hydrogens is 471 g/mol. The van der Waals surface area contributed by atoms with Crippen LogP contribution in [0.5, 0.6) is 5.75 Å². The molecule has 2 aromatic carbocycles. The van der Waals surface area contributed by atoms with Gasteiger partial charge >= 0.3 is 0 Å². The van der Waals surface area contributed by atoms with Gasteiger partial charge in [0.25, 0.3) is 0 Å². The van der Waals surface area contributed by atoms with Crippen LogP contribution in [0.1, 0.15) is 68.3 Å². The maximum Gasteiger partial charge on any atom is 0.122 e. The highest BCUT2D eigenvalue weighted by Gasteiger charge is 2.46. The summed E-state index contributed by atoms with van der Waals surface area (Å²) in [5.74, 6) is 1.16. The van der Waals surface area contributed by atoms with Crippen LogP contribution in [0.15, 0.2) is 48.6 Å². The van der Waals surface area contributed by atoms with Gasteiger partial charge in [-0.3, -0.25) is 0 Å². The van der Waals surface area contributed by atoms with Crippen molar-refractivity contribution in [1.29, 1.82) is 0 Å². The molecule has 2 aromatic rings. The molecule has 193 valence electrons. The molecule has 1 aliphatic carbocycles. The zero-order chi connectivity index (χ0) is 26.4. The molecule has 0 N–H and O–H groups in total. The summed E-state index contributed by atoms with van der Waals surface area (Å²) in [6.07, 6.45) is 4.50. The van der Waals surface area contributed by atoms with Crippen molar-refractivity contribution in [2.75, 3.05) is 19.7 Å². The third kappa shape index (κ3) is 4.56. The third-order valence-electron chi connectivity index (χ3n) is 8.24. The first kappa shape index (κ1) is 27.0. The highest BCUT2D eigenvalue weighted by Crippen LogP contribution is 2.49. The van der Waals surface area contributed by atoms with Gasteiger partial charge in [-0.15, -0.1) is 0 Å². The van der Waals surface area contributed by atoms with E-state index in [0.717, 1.165) is 5.75 Å². The summed E-state index contributed by atoms with van der Waals surface area (Å²) in [6, 6.07) is 11.8. The summed E-state index contributed by atoms with van der Waals surface area (Å²) >= 11 is 0. The molecule has 1 saturated heterocycles. The number of hydrogen-bond donors (Lipinski definition) is 0. The van der Waals surface area contributed by atoms with Crippen LogP contribution in [0, 0.1) is 6.92 Å². The minimum atomic E-state index is -2.08. The average Bonchev–Trinajstić information content (AvgIpc) is 3.41. The number of benzene rings is 2. The van der Waals surface area contributed by atoms with Gasteiger partial charge in [0.05, 0.1) is 16.9 Å². The van der Waals surface area contributed by atoms with E-state index in [0.29, 0.717) is 12.1 Å². The molecule has 0 aromatic heterocycles. The van der Waals surface area contributed by atoms with E-state index in [9.17, 15) is 0 Å². The lowest BCUT2D eigenvalue weighted by atomic mass is 9.85. The summed E-state index contributed by atoms with van der Waals surface area (Å²) in [5, 5.41) is 3.03. The summed E-state index contributed by atoms with van der Waals surface area (Å²) in [5.41, 5.74) is 9.42. The van der Waals surface area contributed by atoms with E-state index < -0.39 is 16.9 Å². The first-order chi connectivity index (χ1) is 16.9. The Balaban J connectivity index is 1.99. The van der Waals surface area contributed by atoms with E-state index in [-0.39, 0.29) is 5.41 Å². The maximum atomic E-state index is 6.69. The van der Waals surface area contributed by atoms with Crippen LogP contribution in [-0.2, 0) is 5.41 Å². The molecule has 2 nitrogen and oxygen atoms in total. The van der Waals surface area contributed by atoms with Crippen molar-refractivity contribution in [1.82, 2.24) is 4.90 Å². The average molecular weight is 517 g/mol. The van der Waals surface area contributed by atoms with Gasteiger partial charge < -0.3 is 9.64 Å². The standard InChI is InChI=1S/C32H46NOSi2/c1-11-20-34-29-26(21-22(2)30(35(7)8)27(29)32(4,5)6)36(9,10)31-23(3)28(33-18-14-15-19-33)24-16-12-13-17-25(24)31/h11-13,16-17,21,31H,1,14-15,18-20H2,2-10H3. The number of fused-ring (bicyclic) bond motifs is 1. The quantitative estimate of drug-likeness (QED) is 0.293. The molecule has 1 unspecified atom stereocenters. The molecule has 1 atom stereocenters. The van der Waals surface area contributed by atoms with Crippen LogP contribution in [0.3, 0.4) is 0 Å². The van der Waals surface area contributed by atoms with Crippen molar-refractivity contribution in [2.24, 2.45) is 0 Å². The number of aryl methyl sites for hydroxylation is 1. The number of nitrogens with zero attached hydrogens (tertiary/aromatic N) is 1. The van der Waals surface area contributed by atoms with Gasteiger partial charge in [-0.1, -0.05) is 101 Å². The van der Waals surface area contributed by atoms with Crippen LogP contribution in [0.4, 0.5) is 0 Å². The first-order valence-corrected chi connectivity index (χ1v) is 19.3. The van der Waals surface area contributed by atoms with Crippen LogP contribution in [0.2, 0.25) is 26.2 Å². The number of allylic oxidation sites excluding steroid dienone is 1. The van der Waals surface area contributed by atoms with Crippen molar-refractivity contribution in [2.45, 2.75) is 84.6 Å². The Morgan fingerprint density at radius 2 is 1.75 bits per heavy atom. The zero-order valence-electron chi connectivity index (χ0n) is 24.1. The minimum absolute atomic E-state index is 0.0121. The SMILES string of the molecule is C=CCOc1c([Si](C)(C)C2C(C)=C(N3CCCC3)c3ccccc32)cc(C)c([Si](C)C)c1C(C)(C)C. The second-order valence-electron chi connectivity index (χ2n) is 12.6. The molecule has 1 radical (unpaired) electrons. The Morgan fingerprint density at radius 1 is 1.11 bits per heavy atom. The van der Waals surface area contributed by atoms with Gasteiger partial charge in [-0.05, 0) is 54.0 Å². The lowest BCUT2D eigenvalue weighted by molar-refractivity contribution is 0.354. The number of likely N-dealkylation sites (tertiary alicyclic amines) is 1. The van der Waals surface area contributed by atoms with Gasteiger partial charge in [0.1, 0.15) is 12.4 Å². The van der Waals surface area contributed by atoms with E-state index in [1.165, 1.54) is 59.1 Å². The fourth-order valence-electron chi connectivity index (χ4n) is 6.92. The second kappa shape index (κ2) is 10.0. The molecule has 36 heavy (non-hydrogen) atoms. The van der Waals surface area contributed by atoms with Crippen molar-refractivity contribution < 1.29 is 4.74 Å². The predicted molar refractivity (Wildman–Crippen MR) is 162 cm³/mol. The van der Waals surface area contributed by atoms with Crippen LogP contribution in [-0.4, -0.2) is 41.5 Å². The molecule has 0 bridgehead atoms. The van der Waals surface area contributed by atoms with E-state index >= 15 is 0 Å². The van der Waals surface area contributed by atoms with Gasteiger partial charge in [-0.2, -0.15) is 0 Å². The monoisotopic (exact) mass is 516 g/mol. The number of hydrogen-bond acceptors (Lipinski definition) is 2. The normalized spacial score (nSPS) is 18.3. The maximum absolute atomic E-state index is 6.69. The summed E-state index contributed by atoms with van der Waals surface area (Å²) in [4.78, 5) is 2.66. The van der Waals surface area contributed by atoms with Crippen LogP contribution < -0.4 is 15.1 Å². The molecular formula is C32H46NOSi2. The first-order valence-electron chi connectivity index (χ1n) is 13.7. The molecule has 0 saturated carbocycles. The molecule has 1 fully saturated rings. The van der Waals surface area contributed by atoms with E-state index in [2.05, 4.69) is 103 Å². The molecule has 1 aliphatic heterocycles. The Bertz CT molecular complexity index is 1180. The van der Waals surface area contributed by atoms with E-state index in [1.807, 2.05) is 6.08 Å².